The summed E-state index contributed by atoms with van der Waals surface area (Å²) < 4.78 is 0. The lowest BCUT2D eigenvalue weighted by molar-refractivity contribution is 0.529. The molecule has 1 fully saturated rings. The van der Waals surface area contributed by atoms with Crippen molar-refractivity contribution in [3.63, 3.8) is 0 Å². The molecule has 1 aromatic rings. The van der Waals surface area contributed by atoms with Gasteiger partial charge in [0.05, 0.1) is 0 Å². The molecular formula is C14H23N3. The zero-order valence-electron chi connectivity index (χ0n) is 10.9. The van der Waals surface area contributed by atoms with Gasteiger partial charge in [-0.2, -0.15) is 0 Å². The lowest BCUT2D eigenvalue weighted by atomic mass is 10.0. The molecule has 1 aliphatic heterocycles. The summed E-state index contributed by atoms with van der Waals surface area (Å²) in [5, 5.41) is 0. The van der Waals surface area contributed by atoms with Gasteiger partial charge in [-0.3, -0.25) is 0 Å². The Hall–Kier alpha value is -1.09. The van der Waals surface area contributed by atoms with E-state index < -0.39 is 0 Å². The van der Waals surface area contributed by atoms with E-state index >= 15 is 0 Å². The molecule has 0 saturated carbocycles. The fourth-order valence-electron chi connectivity index (χ4n) is 2.70. The Kier molecular flexibility index (Phi) is 4.00. The predicted molar refractivity (Wildman–Crippen MR) is 72.1 cm³/mol. The van der Waals surface area contributed by atoms with Crippen LogP contribution in [0.1, 0.15) is 44.7 Å². The van der Waals surface area contributed by atoms with Gasteiger partial charge in [-0.25, -0.2) is 4.98 Å². The summed E-state index contributed by atoms with van der Waals surface area (Å²) in [5.41, 5.74) is 7.18. The van der Waals surface area contributed by atoms with Crippen LogP contribution in [0, 0.1) is 5.92 Å². The van der Waals surface area contributed by atoms with Crippen molar-refractivity contribution in [1.82, 2.24) is 4.98 Å². The van der Waals surface area contributed by atoms with Crippen molar-refractivity contribution < 1.29 is 0 Å². The number of aromatic nitrogens is 1. The van der Waals surface area contributed by atoms with E-state index in [0.717, 1.165) is 24.8 Å². The van der Waals surface area contributed by atoms with E-state index in [-0.39, 0.29) is 6.04 Å². The summed E-state index contributed by atoms with van der Waals surface area (Å²) >= 11 is 0. The van der Waals surface area contributed by atoms with Gasteiger partial charge in [-0.1, -0.05) is 19.4 Å². The smallest absolute Gasteiger partial charge is 0.133 e. The number of pyridine rings is 1. The SMILES string of the molecule is CCCC1CCN(c2ncccc2[C@H](C)N)C1. The summed E-state index contributed by atoms with van der Waals surface area (Å²) in [7, 11) is 0. The maximum Gasteiger partial charge on any atom is 0.133 e. The van der Waals surface area contributed by atoms with E-state index in [1.54, 1.807) is 0 Å². The Morgan fingerprint density at radius 1 is 1.59 bits per heavy atom. The molecule has 2 heterocycles. The molecule has 0 bridgehead atoms. The molecule has 1 aromatic heterocycles. The number of hydrogen-bond acceptors (Lipinski definition) is 3. The number of rotatable bonds is 4. The highest BCUT2D eigenvalue weighted by Gasteiger charge is 2.24. The van der Waals surface area contributed by atoms with E-state index in [0.29, 0.717) is 0 Å². The molecular weight excluding hydrogens is 210 g/mol. The fourth-order valence-corrected chi connectivity index (χ4v) is 2.70. The third kappa shape index (κ3) is 2.78. The van der Waals surface area contributed by atoms with E-state index in [2.05, 4.69) is 22.9 Å². The summed E-state index contributed by atoms with van der Waals surface area (Å²) in [4.78, 5) is 6.92. The molecule has 17 heavy (non-hydrogen) atoms. The van der Waals surface area contributed by atoms with Crippen molar-refractivity contribution in [3.8, 4) is 0 Å². The van der Waals surface area contributed by atoms with Gasteiger partial charge in [-0.05, 0) is 31.7 Å². The zero-order chi connectivity index (χ0) is 12.3. The van der Waals surface area contributed by atoms with Gasteiger partial charge in [-0.15, -0.1) is 0 Å². The van der Waals surface area contributed by atoms with Gasteiger partial charge in [0.15, 0.2) is 0 Å². The van der Waals surface area contributed by atoms with Crippen molar-refractivity contribution in [2.24, 2.45) is 11.7 Å². The van der Waals surface area contributed by atoms with Crippen molar-refractivity contribution >= 4 is 5.82 Å². The van der Waals surface area contributed by atoms with Crippen LogP contribution in [0.15, 0.2) is 18.3 Å². The molecule has 2 rings (SSSR count). The van der Waals surface area contributed by atoms with Crippen molar-refractivity contribution in [3.05, 3.63) is 23.9 Å². The highest BCUT2D eigenvalue weighted by Crippen LogP contribution is 2.29. The van der Waals surface area contributed by atoms with Crippen LogP contribution in [0.25, 0.3) is 0 Å². The Balaban J connectivity index is 2.13. The van der Waals surface area contributed by atoms with Crippen LogP contribution in [0.4, 0.5) is 5.82 Å². The Labute approximate surface area is 104 Å². The first-order valence-corrected chi connectivity index (χ1v) is 6.67. The Bertz CT molecular complexity index is 362. The van der Waals surface area contributed by atoms with Crippen LogP contribution in [0.5, 0.6) is 0 Å². The summed E-state index contributed by atoms with van der Waals surface area (Å²) in [5.74, 6) is 1.93. The molecule has 1 saturated heterocycles. The quantitative estimate of drug-likeness (QED) is 0.869. The largest absolute Gasteiger partial charge is 0.356 e. The molecule has 1 aliphatic rings. The number of anilines is 1. The molecule has 0 aliphatic carbocycles. The molecule has 3 nitrogen and oxygen atoms in total. The minimum absolute atomic E-state index is 0.0592. The first kappa shape index (κ1) is 12.4. The van der Waals surface area contributed by atoms with Gasteiger partial charge in [0.2, 0.25) is 0 Å². The maximum absolute atomic E-state index is 6.01. The second-order valence-corrected chi connectivity index (χ2v) is 5.09. The number of nitrogens with zero attached hydrogens (tertiary/aromatic N) is 2. The average Bonchev–Trinajstić information content (AvgIpc) is 2.78. The average molecular weight is 233 g/mol. The highest BCUT2D eigenvalue weighted by molar-refractivity contribution is 5.49. The minimum atomic E-state index is 0.0592. The van der Waals surface area contributed by atoms with Crippen LogP contribution >= 0.6 is 0 Å². The normalized spacial score (nSPS) is 21.8. The van der Waals surface area contributed by atoms with Crippen LogP contribution in [0.2, 0.25) is 0 Å². The first-order chi connectivity index (χ1) is 8.22. The first-order valence-electron chi connectivity index (χ1n) is 6.67. The van der Waals surface area contributed by atoms with E-state index in [4.69, 9.17) is 5.73 Å². The van der Waals surface area contributed by atoms with Crippen LogP contribution in [-0.4, -0.2) is 18.1 Å². The summed E-state index contributed by atoms with van der Waals surface area (Å²) in [6.07, 6.45) is 5.77. The Morgan fingerprint density at radius 2 is 2.41 bits per heavy atom. The van der Waals surface area contributed by atoms with Crippen LogP contribution in [-0.2, 0) is 0 Å². The lowest BCUT2D eigenvalue weighted by Crippen LogP contribution is -2.23. The highest BCUT2D eigenvalue weighted by atomic mass is 15.2. The molecule has 2 N–H and O–H groups in total. The van der Waals surface area contributed by atoms with Crippen LogP contribution < -0.4 is 10.6 Å². The molecule has 0 amide bonds. The van der Waals surface area contributed by atoms with E-state index in [1.807, 2.05) is 19.2 Å². The number of nitrogens with two attached hydrogens (primary N) is 1. The van der Waals surface area contributed by atoms with Crippen molar-refractivity contribution in [2.45, 2.75) is 39.2 Å². The van der Waals surface area contributed by atoms with Gasteiger partial charge < -0.3 is 10.6 Å². The molecule has 94 valence electrons. The Morgan fingerprint density at radius 3 is 3.12 bits per heavy atom. The lowest BCUT2D eigenvalue weighted by Gasteiger charge is -2.22. The second-order valence-electron chi connectivity index (χ2n) is 5.09. The monoisotopic (exact) mass is 233 g/mol. The molecule has 2 atom stereocenters. The van der Waals surface area contributed by atoms with Gasteiger partial charge in [0.1, 0.15) is 5.82 Å². The predicted octanol–water partition coefficient (Wildman–Crippen LogP) is 2.73. The molecule has 3 heteroatoms. The van der Waals surface area contributed by atoms with Gasteiger partial charge in [0.25, 0.3) is 0 Å². The molecule has 0 radical (unpaired) electrons. The van der Waals surface area contributed by atoms with Crippen LogP contribution in [0.3, 0.4) is 0 Å². The van der Waals surface area contributed by atoms with Crippen molar-refractivity contribution in [2.75, 3.05) is 18.0 Å². The summed E-state index contributed by atoms with van der Waals surface area (Å²) in [6.45, 7) is 6.56. The van der Waals surface area contributed by atoms with Gasteiger partial charge >= 0.3 is 0 Å². The topological polar surface area (TPSA) is 42.2 Å². The van der Waals surface area contributed by atoms with E-state index in [9.17, 15) is 0 Å². The molecule has 1 unspecified atom stereocenters. The van der Waals surface area contributed by atoms with E-state index in [1.165, 1.54) is 24.8 Å². The third-order valence-corrected chi connectivity index (χ3v) is 3.59. The summed E-state index contributed by atoms with van der Waals surface area (Å²) in [6, 6.07) is 4.13. The maximum atomic E-state index is 6.01. The third-order valence-electron chi connectivity index (χ3n) is 3.59. The zero-order valence-corrected chi connectivity index (χ0v) is 10.9. The van der Waals surface area contributed by atoms with Gasteiger partial charge in [0, 0.05) is 30.9 Å². The number of hydrogen-bond donors (Lipinski definition) is 1. The van der Waals surface area contributed by atoms with Crippen molar-refractivity contribution in [1.29, 1.82) is 0 Å². The minimum Gasteiger partial charge on any atom is -0.356 e. The fraction of sp³-hybridized carbons (Fsp3) is 0.643. The standard InChI is InChI=1S/C14H23N3/c1-3-5-12-7-9-17(10-12)14-13(11(2)15)6-4-8-16-14/h4,6,8,11-12H,3,5,7,9-10,15H2,1-2H3/t11-,12?/m0/s1. The molecule has 0 aromatic carbocycles. The molecule has 0 spiro atoms. The second kappa shape index (κ2) is 5.50.